The van der Waals surface area contributed by atoms with Gasteiger partial charge in [-0.15, -0.1) is 10.2 Å². The molecule has 1 aromatic heterocycles. The second kappa shape index (κ2) is 6.75. The summed E-state index contributed by atoms with van der Waals surface area (Å²) in [4.78, 5) is 3.64. The quantitative estimate of drug-likeness (QED) is 0.837. The first kappa shape index (κ1) is 14.1. The zero-order valence-corrected chi connectivity index (χ0v) is 11.8. The highest BCUT2D eigenvalue weighted by molar-refractivity contribution is 5.52. The number of hydrogen-bond acceptors (Lipinski definition) is 6. The first-order valence-corrected chi connectivity index (χ1v) is 7.12. The Hall–Kier alpha value is -1.83. The highest BCUT2D eigenvalue weighted by Gasteiger charge is 2.16. The van der Waals surface area contributed by atoms with Crippen LogP contribution in [-0.2, 0) is 11.3 Å². The van der Waals surface area contributed by atoms with Gasteiger partial charge in [0.2, 0.25) is 5.82 Å². The highest BCUT2D eigenvalue weighted by atomic mass is 16.5. The number of benzene rings is 1. The van der Waals surface area contributed by atoms with E-state index in [1.165, 1.54) is 4.80 Å². The van der Waals surface area contributed by atoms with Crippen molar-refractivity contribution < 1.29 is 9.84 Å². The Morgan fingerprint density at radius 1 is 1.14 bits per heavy atom. The Morgan fingerprint density at radius 2 is 1.90 bits per heavy atom. The van der Waals surface area contributed by atoms with Crippen molar-refractivity contribution in [2.45, 2.75) is 12.6 Å². The number of aliphatic hydroxyl groups excluding tert-OH is 1. The maximum atomic E-state index is 10.1. The molecule has 0 radical (unpaired) electrons. The van der Waals surface area contributed by atoms with Crippen molar-refractivity contribution in [3.63, 3.8) is 0 Å². The van der Waals surface area contributed by atoms with Crippen LogP contribution in [0.5, 0.6) is 0 Å². The molecule has 7 nitrogen and oxygen atoms in total. The number of tetrazole rings is 1. The lowest BCUT2D eigenvalue weighted by molar-refractivity contribution is 0.00988. The third-order valence-electron chi connectivity index (χ3n) is 3.43. The lowest BCUT2D eigenvalue weighted by Crippen LogP contribution is -2.42. The number of rotatable bonds is 5. The predicted octanol–water partition coefficient (Wildman–Crippen LogP) is 0.0332. The fourth-order valence-electron chi connectivity index (χ4n) is 2.35. The smallest absolute Gasteiger partial charge is 0.204 e. The van der Waals surface area contributed by atoms with E-state index in [1.807, 2.05) is 30.3 Å². The van der Waals surface area contributed by atoms with Crippen molar-refractivity contribution in [3.05, 3.63) is 30.3 Å². The van der Waals surface area contributed by atoms with Gasteiger partial charge in [-0.2, -0.15) is 4.80 Å². The molecule has 2 heterocycles. The minimum absolute atomic E-state index is 0.344. The van der Waals surface area contributed by atoms with Gasteiger partial charge in [0.05, 0.1) is 25.9 Å². The second-order valence-electron chi connectivity index (χ2n) is 5.10. The Balaban J connectivity index is 1.56. The SMILES string of the molecule is O[C@H](CN1CCOCC1)Cn1nnc(-c2ccccc2)n1. The fraction of sp³-hybridized carbons (Fsp3) is 0.500. The van der Waals surface area contributed by atoms with E-state index in [2.05, 4.69) is 20.3 Å². The van der Waals surface area contributed by atoms with Crippen molar-refractivity contribution in [2.24, 2.45) is 0 Å². The molecule has 112 valence electrons. The number of β-amino-alcohol motifs (C(OH)–C–C–N with tert-alkyl or cyclic N) is 1. The standard InChI is InChI=1S/C14H19N5O2/c20-13(10-18-6-8-21-9-7-18)11-19-16-14(15-17-19)12-4-2-1-3-5-12/h1-5,13,20H,6-11H2/t13-/m1/s1. The van der Waals surface area contributed by atoms with Crippen LogP contribution in [0.3, 0.4) is 0 Å². The summed E-state index contributed by atoms with van der Waals surface area (Å²) in [6.07, 6.45) is -0.513. The molecule has 0 bridgehead atoms. The average Bonchev–Trinajstić information content (AvgIpc) is 2.97. The van der Waals surface area contributed by atoms with Crippen LogP contribution in [0.15, 0.2) is 30.3 Å². The zero-order chi connectivity index (χ0) is 14.5. The van der Waals surface area contributed by atoms with E-state index in [1.54, 1.807) is 0 Å². The van der Waals surface area contributed by atoms with Gasteiger partial charge in [-0.3, -0.25) is 4.90 Å². The van der Waals surface area contributed by atoms with E-state index in [0.29, 0.717) is 18.9 Å². The summed E-state index contributed by atoms with van der Waals surface area (Å²) in [5, 5.41) is 22.4. The molecule has 2 aromatic rings. The van der Waals surface area contributed by atoms with Gasteiger partial charge in [-0.25, -0.2) is 0 Å². The van der Waals surface area contributed by atoms with Crippen molar-refractivity contribution in [1.29, 1.82) is 0 Å². The maximum absolute atomic E-state index is 10.1. The Labute approximate surface area is 123 Å². The van der Waals surface area contributed by atoms with Crippen LogP contribution in [0.25, 0.3) is 11.4 Å². The molecule has 1 fully saturated rings. The van der Waals surface area contributed by atoms with Crippen LogP contribution in [-0.4, -0.2) is 69.2 Å². The lowest BCUT2D eigenvalue weighted by atomic mass is 10.2. The maximum Gasteiger partial charge on any atom is 0.204 e. The molecule has 1 N–H and O–H groups in total. The van der Waals surface area contributed by atoms with E-state index in [-0.39, 0.29) is 0 Å². The van der Waals surface area contributed by atoms with Crippen molar-refractivity contribution in [1.82, 2.24) is 25.1 Å². The number of aliphatic hydroxyl groups is 1. The van der Waals surface area contributed by atoms with Crippen LogP contribution in [0.4, 0.5) is 0 Å². The molecule has 0 spiro atoms. The summed E-state index contributed by atoms with van der Waals surface area (Å²) < 4.78 is 5.29. The van der Waals surface area contributed by atoms with Crippen LogP contribution < -0.4 is 0 Å². The van der Waals surface area contributed by atoms with E-state index < -0.39 is 6.10 Å². The fourth-order valence-corrected chi connectivity index (χ4v) is 2.35. The lowest BCUT2D eigenvalue weighted by Gasteiger charge is -2.28. The molecular formula is C14H19N5O2. The van der Waals surface area contributed by atoms with Crippen molar-refractivity contribution in [2.75, 3.05) is 32.8 Å². The number of aromatic nitrogens is 4. The van der Waals surface area contributed by atoms with Gasteiger partial charge in [0, 0.05) is 25.2 Å². The van der Waals surface area contributed by atoms with Gasteiger partial charge < -0.3 is 9.84 Å². The van der Waals surface area contributed by atoms with Crippen LogP contribution in [0.2, 0.25) is 0 Å². The van der Waals surface area contributed by atoms with Gasteiger partial charge in [0.25, 0.3) is 0 Å². The molecule has 1 aliphatic rings. The third-order valence-corrected chi connectivity index (χ3v) is 3.43. The molecule has 1 aromatic carbocycles. The van der Waals surface area contributed by atoms with Crippen molar-refractivity contribution in [3.8, 4) is 11.4 Å². The second-order valence-corrected chi connectivity index (χ2v) is 5.10. The minimum atomic E-state index is -0.513. The van der Waals surface area contributed by atoms with E-state index >= 15 is 0 Å². The molecule has 0 saturated carbocycles. The molecule has 0 unspecified atom stereocenters. The molecule has 1 saturated heterocycles. The van der Waals surface area contributed by atoms with Gasteiger partial charge in [-0.05, 0) is 5.21 Å². The number of hydrogen-bond donors (Lipinski definition) is 1. The Kier molecular flexibility index (Phi) is 4.54. The van der Waals surface area contributed by atoms with Crippen molar-refractivity contribution >= 4 is 0 Å². The van der Waals surface area contributed by atoms with Crippen LogP contribution in [0, 0.1) is 0 Å². The molecule has 3 rings (SSSR count). The van der Waals surface area contributed by atoms with E-state index in [0.717, 1.165) is 31.9 Å². The normalized spacial score (nSPS) is 17.8. The summed E-state index contributed by atoms with van der Waals surface area (Å²) in [6.45, 7) is 4.12. The molecule has 7 heteroatoms. The number of ether oxygens (including phenoxy) is 1. The summed E-state index contributed by atoms with van der Waals surface area (Å²) >= 11 is 0. The van der Waals surface area contributed by atoms with Gasteiger partial charge >= 0.3 is 0 Å². The summed E-state index contributed by atoms with van der Waals surface area (Å²) in [6, 6.07) is 9.68. The highest BCUT2D eigenvalue weighted by Crippen LogP contribution is 2.11. The first-order valence-electron chi connectivity index (χ1n) is 7.12. The van der Waals surface area contributed by atoms with Crippen LogP contribution >= 0.6 is 0 Å². The molecule has 21 heavy (non-hydrogen) atoms. The number of morpholine rings is 1. The summed E-state index contributed by atoms with van der Waals surface area (Å²) in [5.74, 6) is 0.578. The zero-order valence-electron chi connectivity index (χ0n) is 11.8. The minimum Gasteiger partial charge on any atom is -0.390 e. The van der Waals surface area contributed by atoms with Gasteiger partial charge in [0.15, 0.2) is 0 Å². The third kappa shape index (κ3) is 3.84. The average molecular weight is 289 g/mol. The first-order chi connectivity index (χ1) is 10.3. The Morgan fingerprint density at radius 3 is 2.67 bits per heavy atom. The Bertz CT molecular complexity index is 554. The summed E-state index contributed by atoms with van der Waals surface area (Å²) in [5.41, 5.74) is 0.923. The predicted molar refractivity (Wildman–Crippen MR) is 76.5 cm³/mol. The number of nitrogens with zero attached hydrogens (tertiary/aromatic N) is 5. The van der Waals surface area contributed by atoms with Crippen LogP contribution in [0.1, 0.15) is 0 Å². The summed E-state index contributed by atoms with van der Waals surface area (Å²) in [7, 11) is 0. The van der Waals surface area contributed by atoms with E-state index in [9.17, 15) is 5.11 Å². The topological polar surface area (TPSA) is 76.3 Å². The largest absolute Gasteiger partial charge is 0.390 e. The molecule has 1 aliphatic heterocycles. The molecular weight excluding hydrogens is 270 g/mol. The molecule has 0 amide bonds. The van der Waals surface area contributed by atoms with E-state index in [4.69, 9.17) is 4.74 Å². The molecule has 0 aliphatic carbocycles. The van der Waals surface area contributed by atoms with Gasteiger partial charge in [0.1, 0.15) is 0 Å². The van der Waals surface area contributed by atoms with Gasteiger partial charge in [-0.1, -0.05) is 30.3 Å². The molecule has 1 atom stereocenters. The monoisotopic (exact) mass is 289 g/mol.